The first-order chi connectivity index (χ1) is 12.2. The Morgan fingerprint density at radius 2 is 2.00 bits per heavy atom. The highest BCUT2D eigenvalue weighted by Gasteiger charge is 2.23. The van der Waals surface area contributed by atoms with Crippen molar-refractivity contribution >= 4 is 17.4 Å². The van der Waals surface area contributed by atoms with E-state index >= 15 is 0 Å². The molecule has 8 nitrogen and oxygen atoms in total. The van der Waals surface area contributed by atoms with E-state index < -0.39 is 0 Å². The smallest absolute Gasteiger partial charge is 0.256 e. The molecule has 3 aromatic rings. The third kappa shape index (κ3) is 3.15. The van der Waals surface area contributed by atoms with E-state index in [-0.39, 0.29) is 11.9 Å². The van der Waals surface area contributed by atoms with Gasteiger partial charge >= 0.3 is 0 Å². The van der Waals surface area contributed by atoms with E-state index in [1.54, 1.807) is 35.5 Å². The van der Waals surface area contributed by atoms with Gasteiger partial charge in [-0.3, -0.25) is 9.78 Å². The van der Waals surface area contributed by atoms with Crippen LogP contribution in [0.1, 0.15) is 28.8 Å². The number of nitrogens with zero attached hydrogens (tertiary/aromatic N) is 6. The normalized spacial score (nSPS) is 15.5. The van der Waals surface area contributed by atoms with Crippen molar-refractivity contribution in [3.05, 3.63) is 48.3 Å². The number of rotatable bonds is 3. The fourth-order valence-corrected chi connectivity index (χ4v) is 3.10. The number of anilines is 1. The van der Waals surface area contributed by atoms with E-state index in [2.05, 4.69) is 30.3 Å². The lowest BCUT2D eigenvalue weighted by molar-refractivity contribution is 0.0932. The first-order valence-electron chi connectivity index (χ1n) is 8.32. The molecule has 0 atom stereocenters. The standard InChI is InChI=1S/C17H19N7O/c1-12-8-20-16-14(9-21-24(16)11-12)17(25)22-13-2-6-23(7-3-13)15-10-18-4-5-19-15/h4-5,8-11,13H,2-3,6-7H2,1H3,(H,22,25). The number of piperidine rings is 1. The summed E-state index contributed by atoms with van der Waals surface area (Å²) in [5, 5.41) is 7.32. The van der Waals surface area contributed by atoms with Gasteiger partial charge in [-0.25, -0.2) is 14.5 Å². The maximum Gasteiger partial charge on any atom is 0.256 e. The minimum Gasteiger partial charge on any atom is -0.355 e. The van der Waals surface area contributed by atoms with Crippen LogP contribution < -0.4 is 10.2 Å². The first kappa shape index (κ1) is 15.5. The molecular weight excluding hydrogens is 318 g/mol. The number of aryl methyl sites for hydroxylation is 1. The Bertz CT molecular complexity index is 884. The van der Waals surface area contributed by atoms with E-state index in [0.29, 0.717) is 11.2 Å². The molecule has 1 aliphatic rings. The number of carbonyl (C=O) groups is 1. The van der Waals surface area contributed by atoms with E-state index in [1.165, 1.54) is 0 Å². The molecule has 3 aromatic heterocycles. The zero-order valence-electron chi connectivity index (χ0n) is 14.0. The molecular formula is C17H19N7O. The Hall–Kier alpha value is -3.03. The average molecular weight is 337 g/mol. The monoisotopic (exact) mass is 337 g/mol. The summed E-state index contributed by atoms with van der Waals surface area (Å²) in [6, 6.07) is 0.140. The number of hydrogen-bond donors (Lipinski definition) is 1. The van der Waals surface area contributed by atoms with Crippen LogP contribution in [0.4, 0.5) is 5.82 Å². The van der Waals surface area contributed by atoms with Crippen LogP contribution in [0, 0.1) is 6.92 Å². The Balaban J connectivity index is 1.40. The highest BCUT2D eigenvalue weighted by atomic mass is 16.1. The minimum atomic E-state index is -0.121. The molecule has 0 unspecified atom stereocenters. The zero-order chi connectivity index (χ0) is 17.2. The molecule has 0 aromatic carbocycles. The van der Waals surface area contributed by atoms with Gasteiger partial charge < -0.3 is 10.2 Å². The molecule has 128 valence electrons. The molecule has 1 aliphatic heterocycles. The summed E-state index contributed by atoms with van der Waals surface area (Å²) in [5.74, 6) is 0.763. The van der Waals surface area contributed by atoms with Crippen molar-refractivity contribution in [1.82, 2.24) is 29.9 Å². The molecule has 0 bridgehead atoms. The summed E-state index contributed by atoms with van der Waals surface area (Å²) < 4.78 is 1.64. The van der Waals surface area contributed by atoms with Crippen molar-refractivity contribution in [1.29, 1.82) is 0 Å². The summed E-state index contributed by atoms with van der Waals surface area (Å²) in [4.78, 5) is 27.5. The molecule has 0 radical (unpaired) electrons. The number of aromatic nitrogens is 5. The van der Waals surface area contributed by atoms with Crippen LogP contribution >= 0.6 is 0 Å². The number of fused-ring (bicyclic) bond motifs is 1. The largest absolute Gasteiger partial charge is 0.355 e. The van der Waals surface area contributed by atoms with Crippen LogP contribution in [0.15, 0.2) is 37.2 Å². The topological polar surface area (TPSA) is 88.3 Å². The number of amides is 1. The third-order valence-electron chi connectivity index (χ3n) is 4.43. The minimum absolute atomic E-state index is 0.121. The van der Waals surface area contributed by atoms with Crippen molar-refractivity contribution in [2.24, 2.45) is 0 Å². The van der Waals surface area contributed by atoms with Gasteiger partial charge in [0.1, 0.15) is 11.4 Å². The van der Waals surface area contributed by atoms with Crippen LogP contribution in [-0.4, -0.2) is 49.6 Å². The second-order valence-corrected chi connectivity index (χ2v) is 6.26. The Labute approximate surface area is 144 Å². The predicted octanol–water partition coefficient (Wildman–Crippen LogP) is 1.23. The van der Waals surface area contributed by atoms with Gasteiger partial charge in [-0.05, 0) is 25.3 Å². The van der Waals surface area contributed by atoms with Gasteiger partial charge in [0, 0.05) is 43.9 Å². The van der Waals surface area contributed by atoms with Crippen LogP contribution in [0.25, 0.3) is 5.65 Å². The molecule has 1 amide bonds. The molecule has 4 rings (SSSR count). The van der Waals surface area contributed by atoms with Crippen LogP contribution in [0.2, 0.25) is 0 Å². The van der Waals surface area contributed by atoms with Crippen molar-refractivity contribution in [3.8, 4) is 0 Å². The highest BCUT2D eigenvalue weighted by Crippen LogP contribution is 2.17. The van der Waals surface area contributed by atoms with E-state index in [0.717, 1.165) is 37.3 Å². The number of nitrogens with one attached hydrogen (secondary N) is 1. The van der Waals surface area contributed by atoms with Crippen molar-refractivity contribution in [2.45, 2.75) is 25.8 Å². The van der Waals surface area contributed by atoms with Crippen molar-refractivity contribution in [3.63, 3.8) is 0 Å². The lowest BCUT2D eigenvalue weighted by atomic mass is 10.0. The SMILES string of the molecule is Cc1cnc2c(C(=O)NC3CCN(c4cnccn4)CC3)cnn2c1. The molecule has 1 N–H and O–H groups in total. The molecule has 0 aliphatic carbocycles. The van der Waals surface area contributed by atoms with Crippen LogP contribution in [-0.2, 0) is 0 Å². The molecule has 1 fully saturated rings. The zero-order valence-corrected chi connectivity index (χ0v) is 14.0. The molecule has 1 saturated heterocycles. The van der Waals surface area contributed by atoms with E-state index in [9.17, 15) is 4.79 Å². The molecule has 25 heavy (non-hydrogen) atoms. The van der Waals surface area contributed by atoms with Crippen LogP contribution in [0.3, 0.4) is 0 Å². The average Bonchev–Trinajstić information content (AvgIpc) is 3.06. The predicted molar refractivity (Wildman–Crippen MR) is 92.5 cm³/mol. The van der Waals surface area contributed by atoms with Gasteiger partial charge in [-0.1, -0.05) is 0 Å². The molecule has 0 saturated carbocycles. The number of hydrogen-bond acceptors (Lipinski definition) is 6. The summed E-state index contributed by atoms with van der Waals surface area (Å²) in [6.45, 7) is 3.63. The fourth-order valence-electron chi connectivity index (χ4n) is 3.10. The van der Waals surface area contributed by atoms with E-state index in [4.69, 9.17) is 0 Å². The maximum absolute atomic E-state index is 12.6. The van der Waals surface area contributed by atoms with Crippen molar-refractivity contribution < 1.29 is 4.79 Å². The second-order valence-electron chi connectivity index (χ2n) is 6.26. The van der Waals surface area contributed by atoms with E-state index in [1.807, 2.05) is 13.1 Å². The highest BCUT2D eigenvalue weighted by molar-refractivity contribution is 5.99. The van der Waals surface area contributed by atoms with Gasteiger partial charge in [0.05, 0.1) is 12.4 Å². The summed E-state index contributed by atoms with van der Waals surface area (Å²) >= 11 is 0. The first-order valence-corrected chi connectivity index (χ1v) is 8.32. The van der Waals surface area contributed by atoms with Gasteiger partial charge in [0.15, 0.2) is 5.65 Å². The third-order valence-corrected chi connectivity index (χ3v) is 4.43. The van der Waals surface area contributed by atoms with Gasteiger partial charge in [-0.2, -0.15) is 5.10 Å². The fraction of sp³-hybridized carbons (Fsp3) is 0.353. The van der Waals surface area contributed by atoms with Gasteiger partial charge in [0.25, 0.3) is 5.91 Å². The second kappa shape index (κ2) is 6.46. The lowest BCUT2D eigenvalue weighted by Crippen LogP contribution is -2.45. The van der Waals surface area contributed by atoms with Gasteiger partial charge in [0.2, 0.25) is 0 Å². The Morgan fingerprint density at radius 1 is 1.16 bits per heavy atom. The molecule has 8 heteroatoms. The Morgan fingerprint density at radius 3 is 2.76 bits per heavy atom. The lowest BCUT2D eigenvalue weighted by Gasteiger charge is -2.32. The summed E-state index contributed by atoms with van der Waals surface area (Å²) in [5.41, 5.74) is 2.09. The number of carbonyl (C=O) groups excluding carboxylic acids is 1. The molecule has 4 heterocycles. The maximum atomic E-state index is 12.6. The summed E-state index contributed by atoms with van der Waals surface area (Å²) in [7, 11) is 0. The van der Waals surface area contributed by atoms with Crippen LogP contribution in [0.5, 0.6) is 0 Å². The molecule has 0 spiro atoms. The van der Waals surface area contributed by atoms with Crippen molar-refractivity contribution in [2.75, 3.05) is 18.0 Å². The van der Waals surface area contributed by atoms with Gasteiger partial charge in [-0.15, -0.1) is 0 Å². The Kier molecular flexibility index (Phi) is 4.01. The summed E-state index contributed by atoms with van der Waals surface area (Å²) in [6.07, 6.45) is 12.1. The quantitative estimate of drug-likeness (QED) is 0.773.